The number of hydrogen-bond donors (Lipinski definition) is 1. The van der Waals surface area contributed by atoms with Crippen LogP contribution in [0.2, 0.25) is 5.02 Å². The molecule has 0 saturated carbocycles. The molecule has 10 nitrogen and oxygen atoms in total. The molecular weight excluding hydrogens is 468 g/mol. The monoisotopic (exact) mass is 490 g/mol. The van der Waals surface area contributed by atoms with Gasteiger partial charge >= 0.3 is 0 Å². The summed E-state index contributed by atoms with van der Waals surface area (Å²) < 4.78 is 29.1. The summed E-state index contributed by atoms with van der Waals surface area (Å²) >= 11 is 6.39. The molecule has 3 heterocycles. The van der Waals surface area contributed by atoms with E-state index < -0.39 is 15.6 Å². The largest absolute Gasteiger partial charge is 0.365 e. The summed E-state index contributed by atoms with van der Waals surface area (Å²) in [4.78, 5) is 29.3. The molecule has 1 N–H and O–H groups in total. The Bertz CT molecular complexity index is 1340. The van der Waals surface area contributed by atoms with Crippen LogP contribution in [0.15, 0.2) is 58.5 Å². The number of halogens is 1. The fourth-order valence-electron chi connectivity index (χ4n) is 3.72. The third kappa shape index (κ3) is 4.39. The van der Waals surface area contributed by atoms with E-state index in [9.17, 15) is 18.0 Å². The van der Waals surface area contributed by atoms with Crippen LogP contribution in [0.25, 0.3) is 5.69 Å². The highest BCUT2D eigenvalue weighted by Crippen LogP contribution is 2.24. The standard InChI is InChI=1S/C21H23ClN6O4S/c1-23-33(31,32)16-12-17(25(2)14-16)20(29)27-10-8-26(9-11-27)18-13-24-28(21(30)19(18)22)15-6-4-3-5-7-15/h3-7,12-14,23H,8-11H2,1-2H3. The van der Waals surface area contributed by atoms with Gasteiger partial charge in [-0.3, -0.25) is 9.59 Å². The van der Waals surface area contributed by atoms with E-state index >= 15 is 0 Å². The summed E-state index contributed by atoms with van der Waals surface area (Å²) in [5.41, 5.74) is 0.999. The van der Waals surface area contributed by atoms with Crippen LogP contribution in [-0.4, -0.2) is 66.8 Å². The van der Waals surface area contributed by atoms with Gasteiger partial charge in [0.05, 0.1) is 17.6 Å². The number of benzene rings is 1. The van der Waals surface area contributed by atoms with Gasteiger partial charge in [-0.05, 0) is 25.2 Å². The van der Waals surface area contributed by atoms with E-state index in [2.05, 4.69) is 9.82 Å². The predicted octanol–water partition coefficient (Wildman–Crippen LogP) is 1.09. The Labute approximate surface area is 196 Å². The average Bonchev–Trinajstić information content (AvgIpc) is 3.23. The summed E-state index contributed by atoms with van der Waals surface area (Å²) in [5.74, 6) is -0.265. The van der Waals surface area contributed by atoms with Crippen LogP contribution in [0.4, 0.5) is 5.69 Å². The zero-order valence-corrected chi connectivity index (χ0v) is 19.7. The zero-order chi connectivity index (χ0) is 23.8. The smallest absolute Gasteiger partial charge is 0.292 e. The molecule has 1 aromatic carbocycles. The number of nitrogens with zero attached hydrogens (tertiary/aromatic N) is 5. The first-order valence-corrected chi connectivity index (χ1v) is 12.1. The molecule has 33 heavy (non-hydrogen) atoms. The topological polar surface area (TPSA) is 110 Å². The molecule has 12 heteroatoms. The lowest BCUT2D eigenvalue weighted by Crippen LogP contribution is -2.49. The van der Waals surface area contributed by atoms with Crippen LogP contribution in [0.5, 0.6) is 0 Å². The molecular formula is C21H23ClN6O4S. The quantitative estimate of drug-likeness (QED) is 0.573. The van der Waals surface area contributed by atoms with E-state index in [1.165, 1.54) is 28.6 Å². The van der Waals surface area contributed by atoms with Crippen LogP contribution in [-0.2, 0) is 17.1 Å². The van der Waals surface area contributed by atoms with Crippen molar-refractivity contribution >= 4 is 33.2 Å². The maximum atomic E-state index is 13.0. The van der Waals surface area contributed by atoms with Gasteiger partial charge in [0.25, 0.3) is 11.5 Å². The molecule has 1 amide bonds. The van der Waals surface area contributed by atoms with E-state index in [0.717, 1.165) is 0 Å². The maximum Gasteiger partial charge on any atom is 0.292 e. The number of para-hydroxylation sites is 1. The van der Waals surface area contributed by atoms with E-state index in [-0.39, 0.29) is 21.5 Å². The fraction of sp³-hybridized carbons (Fsp3) is 0.286. The molecule has 1 aliphatic rings. The van der Waals surface area contributed by atoms with E-state index in [0.29, 0.717) is 37.6 Å². The van der Waals surface area contributed by atoms with Crippen molar-refractivity contribution in [3.63, 3.8) is 0 Å². The van der Waals surface area contributed by atoms with Gasteiger partial charge in [0, 0.05) is 39.4 Å². The first kappa shape index (κ1) is 23.0. The summed E-state index contributed by atoms with van der Waals surface area (Å²) in [6, 6.07) is 10.4. The van der Waals surface area contributed by atoms with Crippen molar-refractivity contribution < 1.29 is 13.2 Å². The van der Waals surface area contributed by atoms with Gasteiger partial charge in [0.15, 0.2) is 0 Å². The van der Waals surface area contributed by atoms with Gasteiger partial charge in [-0.25, -0.2) is 13.1 Å². The summed E-state index contributed by atoms with van der Waals surface area (Å²) in [5, 5.41) is 4.33. The summed E-state index contributed by atoms with van der Waals surface area (Å²) in [6.45, 7) is 1.68. The van der Waals surface area contributed by atoms with Crippen molar-refractivity contribution in [2.45, 2.75) is 4.90 Å². The Kier molecular flexibility index (Phi) is 6.28. The Morgan fingerprint density at radius 1 is 1.12 bits per heavy atom. The number of carbonyl (C=O) groups excluding carboxylic acids is 1. The first-order valence-electron chi connectivity index (χ1n) is 10.2. The minimum absolute atomic E-state index is 0.0336. The lowest BCUT2D eigenvalue weighted by atomic mass is 10.2. The lowest BCUT2D eigenvalue weighted by Gasteiger charge is -2.36. The Morgan fingerprint density at radius 2 is 1.79 bits per heavy atom. The number of hydrogen-bond acceptors (Lipinski definition) is 6. The summed E-state index contributed by atoms with van der Waals surface area (Å²) in [7, 11) is -0.693. The SMILES string of the molecule is CNS(=O)(=O)c1cc(C(=O)N2CCN(c3cnn(-c4ccccc4)c(=O)c3Cl)CC2)n(C)c1. The maximum absolute atomic E-state index is 13.0. The number of anilines is 1. The van der Waals surface area contributed by atoms with E-state index in [4.69, 9.17) is 11.6 Å². The molecule has 1 fully saturated rings. The molecule has 0 bridgehead atoms. The van der Waals surface area contributed by atoms with E-state index in [1.54, 1.807) is 30.3 Å². The molecule has 0 atom stereocenters. The molecule has 2 aromatic heterocycles. The van der Waals surface area contributed by atoms with Crippen LogP contribution >= 0.6 is 11.6 Å². The minimum atomic E-state index is -3.64. The normalized spacial score (nSPS) is 14.5. The molecule has 4 rings (SSSR count). The van der Waals surface area contributed by atoms with Gasteiger partial charge in [-0.1, -0.05) is 29.8 Å². The molecule has 0 radical (unpaired) electrons. The van der Waals surface area contributed by atoms with Gasteiger partial charge in [-0.2, -0.15) is 9.78 Å². The Morgan fingerprint density at radius 3 is 2.42 bits per heavy atom. The minimum Gasteiger partial charge on any atom is -0.365 e. The second kappa shape index (κ2) is 9.00. The van der Waals surface area contributed by atoms with Crippen LogP contribution in [0, 0.1) is 0 Å². The van der Waals surface area contributed by atoms with Gasteiger partial charge < -0.3 is 14.4 Å². The highest BCUT2D eigenvalue weighted by atomic mass is 35.5. The second-order valence-corrected chi connectivity index (χ2v) is 9.82. The number of carbonyl (C=O) groups is 1. The van der Waals surface area contributed by atoms with Crippen LogP contribution in [0.1, 0.15) is 10.5 Å². The number of aromatic nitrogens is 3. The molecule has 0 aliphatic carbocycles. The molecule has 1 aliphatic heterocycles. The van der Waals surface area contributed by atoms with Crippen LogP contribution < -0.4 is 15.2 Å². The number of aryl methyl sites for hydroxylation is 1. The predicted molar refractivity (Wildman–Crippen MR) is 125 cm³/mol. The molecule has 174 valence electrons. The van der Waals surface area contributed by atoms with Gasteiger partial charge in [-0.15, -0.1) is 0 Å². The number of amides is 1. The number of sulfonamides is 1. The molecule has 3 aromatic rings. The van der Waals surface area contributed by atoms with Gasteiger partial charge in [0.1, 0.15) is 15.6 Å². The Hall–Kier alpha value is -3.15. The highest BCUT2D eigenvalue weighted by molar-refractivity contribution is 7.89. The van der Waals surface area contributed by atoms with Crippen molar-refractivity contribution in [3.8, 4) is 5.69 Å². The van der Waals surface area contributed by atoms with Crippen molar-refractivity contribution in [1.29, 1.82) is 0 Å². The van der Waals surface area contributed by atoms with Crippen molar-refractivity contribution in [1.82, 2.24) is 24.0 Å². The van der Waals surface area contributed by atoms with Crippen molar-refractivity contribution in [2.75, 3.05) is 38.1 Å². The number of nitrogens with one attached hydrogen (secondary N) is 1. The first-order chi connectivity index (χ1) is 15.7. The van der Waals surface area contributed by atoms with Crippen molar-refractivity contribution in [2.24, 2.45) is 7.05 Å². The van der Waals surface area contributed by atoms with E-state index in [1.807, 2.05) is 23.1 Å². The fourth-order valence-corrected chi connectivity index (χ4v) is 4.77. The van der Waals surface area contributed by atoms with Crippen LogP contribution in [0.3, 0.4) is 0 Å². The highest BCUT2D eigenvalue weighted by Gasteiger charge is 2.27. The third-order valence-corrected chi connectivity index (χ3v) is 7.32. The number of rotatable bonds is 5. The third-order valence-electron chi connectivity index (χ3n) is 5.59. The second-order valence-electron chi connectivity index (χ2n) is 7.56. The Balaban J connectivity index is 1.49. The molecule has 0 unspecified atom stereocenters. The number of piperazine rings is 1. The summed E-state index contributed by atoms with van der Waals surface area (Å²) in [6.07, 6.45) is 2.96. The van der Waals surface area contributed by atoms with Gasteiger partial charge in [0.2, 0.25) is 10.0 Å². The molecule has 1 saturated heterocycles. The average molecular weight is 491 g/mol. The molecule has 0 spiro atoms. The zero-order valence-electron chi connectivity index (χ0n) is 18.1. The lowest BCUT2D eigenvalue weighted by molar-refractivity contribution is 0.0737. The van der Waals surface area contributed by atoms with Crippen molar-refractivity contribution in [3.05, 3.63) is 69.9 Å².